The molecule has 8 rings (SSSR count). The Kier molecular flexibility index (Phi) is 5.59. The fourth-order valence-corrected chi connectivity index (χ4v) is 7.67. The molecular formula is C35H25ClN2O5. The monoisotopic (exact) mass is 588 g/mol. The molecular weight excluding hydrogens is 564 g/mol. The first-order valence-electron chi connectivity index (χ1n) is 14.1. The Labute approximate surface area is 252 Å². The lowest BCUT2D eigenvalue weighted by molar-refractivity contribution is -0.121. The molecule has 0 bridgehead atoms. The van der Waals surface area contributed by atoms with Gasteiger partial charge in [-0.25, -0.2) is 0 Å². The summed E-state index contributed by atoms with van der Waals surface area (Å²) in [5.74, 6) is -1.11. The van der Waals surface area contributed by atoms with E-state index in [0.717, 1.165) is 16.8 Å². The first-order valence-corrected chi connectivity index (χ1v) is 14.5. The van der Waals surface area contributed by atoms with Crippen LogP contribution < -0.4 is 19.7 Å². The minimum Gasteiger partial charge on any atom is -0.454 e. The highest BCUT2D eigenvalue weighted by Gasteiger charge is 2.70. The Morgan fingerprint density at radius 1 is 0.907 bits per heavy atom. The van der Waals surface area contributed by atoms with Gasteiger partial charge < -0.3 is 19.7 Å². The average molecular weight is 589 g/mol. The second kappa shape index (κ2) is 9.31. The summed E-state index contributed by atoms with van der Waals surface area (Å²) in [7, 11) is 0. The molecule has 43 heavy (non-hydrogen) atoms. The largest absolute Gasteiger partial charge is 0.454 e. The van der Waals surface area contributed by atoms with Gasteiger partial charge in [0.15, 0.2) is 23.1 Å². The van der Waals surface area contributed by atoms with Crippen molar-refractivity contribution in [2.45, 2.75) is 24.4 Å². The minimum atomic E-state index is -1.42. The van der Waals surface area contributed by atoms with E-state index < -0.39 is 23.4 Å². The smallest absolute Gasteiger partial charge is 0.238 e. The molecule has 0 unspecified atom stereocenters. The molecule has 212 valence electrons. The average Bonchev–Trinajstić information content (AvgIpc) is 3.70. The van der Waals surface area contributed by atoms with E-state index in [1.807, 2.05) is 66.4 Å². The molecule has 0 saturated carbocycles. The van der Waals surface area contributed by atoms with Crippen molar-refractivity contribution in [3.63, 3.8) is 0 Å². The van der Waals surface area contributed by atoms with Crippen molar-refractivity contribution in [3.05, 3.63) is 124 Å². The normalized spacial score (nSPS) is 24.2. The van der Waals surface area contributed by atoms with Crippen molar-refractivity contribution in [1.29, 1.82) is 0 Å². The van der Waals surface area contributed by atoms with E-state index in [-0.39, 0.29) is 29.3 Å². The molecule has 0 aromatic heterocycles. The van der Waals surface area contributed by atoms with Crippen LogP contribution >= 0.6 is 11.6 Å². The number of amides is 1. The van der Waals surface area contributed by atoms with Gasteiger partial charge in [0.1, 0.15) is 11.5 Å². The number of anilines is 2. The molecule has 1 saturated heterocycles. The third-order valence-electron chi connectivity index (χ3n) is 9.23. The van der Waals surface area contributed by atoms with Gasteiger partial charge in [-0.1, -0.05) is 66.2 Å². The second-order valence-corrected chi connectivity index (χ2v) is 11.7. The number of halogens is 1. The zero-order valence-corrected chi connectivity index (χ0v) is 23.8. The highest BCUT2D eigenvalue weighted by atomic mass is 35.5. The Balaban J connectivity index is 1.44. The molecule has 0 aliphatic carbocycles. The number of carbonyl (C=O) groups is 3. The van der Waals surface area contributed by atoms with Gasteiger partial charge in [-0.15, -0.1) is 0 Å². The van der Waals surface area contributed by atoms with Gasteiger partial charge in [0, 0.05) is 28.1 Å². The summed E-state index contributed by atoms with van der Waals surface area (Å²) in [6.45, 7) is 2.06. The van der Waals surface area contributed by atoms with Crippen molar-refractivity contribution in [1.82, 2.24) is 0 Å². The molecule has 4 aromatic rings. The molecule has 7 nitrogen and oxygen atoms in total. The van der Waals surface area contributed by atoms with Crippen molar-refractivity contribution < 1.29 is 23.9 Å². The molecule has 1 amide bonds. The number of benzene rings is 4. The maximum absolute atomic E-state index is 15.0. The molecule has 8 heteroatoms. The molecule has 4 aliphatic rings. The molecule has 1 N–H and O–H groups in total. The standard InChI is InChI=1S/C35H25ClN2O5/c1-19-16-29-35(23-10-4-6-12-25(23)37-34(35)41)30(32(39)20-14-15-27-28(17-20)43-18-42-27)31(33(40)22-9-2-5-11-24(22)36)38(29)26-13-7-3-8-21(19)26/h2-17,29-31H,18H2,1H3,(H,37,41)/t29-,30+,31+,35-/m1/s1. The topological polar surface area (TPSA) is 84.9 Å². The van der Waals surface area contributed by atoms with E-state index in [0.29, 0.717) is 33.9 Å². The van der Waals surface area contributed by atoms with E-state index in [2.05, 4.69) is 5.32 Å². The van der Waals surface area contributed by atoms with E-state index in [9.17, 15) is 9.59 Å². The number of ether oxygens (including phenoxy) is 2. The van der Waals surface area contributed by atoms with Crippen LogP contribution in [-0.4, -0.2) is 36.4 Å². The van der Waals surface area contributed by atoms with Crippen LogP contribution in [0.5, 0.6) is 11.5 Å². The van der Waals surface area contributed by atoms with Crippen molar-refractivity contribution in [2.75, 3.05) is 17.0 Å². The number of carbonyl (C=O) groups excluding carboxylic acids is 3. The highest BCUT2D eigenvalue weighted by molar-refractivity contribution is 6.34. The maximum atomic E-state index is 15.0. The van der Waals surface area contributed by atoms with Crippen LogP contribution in [0.25, 0.3) is 5.57 Å². The molecule has 4 aromatic carbocycles. The van der Waals surface area contributed by atoms with Crippen LogP contribution in [-0.2, 0) is 10.2 Å². The lowest BCUT2D eigenvalue weighted by Crippen LogP contribution is -2.51. The lowest BCUT2D eigenvalue weighted by Gasteiger charge is -2.39. The number of hydrogen-bond acceptors (Lipinski definition) is 6. The van der Waals surface area contributed by atoms with Crippen LogP contribution in [0.2, 0.25) is 5.02 Å². The number of nitrogens with zero attached hydrogens (tertiary/aromatic N) is 1. The molecule has 4 atom stereocenters. The van der Waals surface area contributed by atoms with Crippen LogP contribution in [0.3, 0.4) is 0 Å². The first kappa shape index (κ1) is 25.8. The Hall–Kier alpha value is -4.88. The summed E-state index contributed by atoms with van der Waals surface area (Å²) in [5.41, 5.74) is 3.22. The zero-order valence-electron chi connectivity index (χ0n) is 23.0. The second-order valence-electron chi connectivity index (χ2n) is 11.3. The van der Waals surface area contributed by atoms with Crippen LogP contribution in [0, 0.1) is 5.92 Å². The van der Waals surface area contributed by atoms with Gasteiger partial charge in [0.25, 0.3) is 0 Å². The number of ketones is 2. The predicted molar refractivity (Wildman–Crippen MR) is 163 cm³/mol. The van der Waals surface area contributed by atoms with Gasteiger partial charge in [-0.3, -0.25) is 14.4 Å². The third kappa shape index (κ3) is 3.45. The highest BCUT2D eigenvalue weighted by Crippen LogP contribution is 2.59. The number of rotatable bonds is 4. The first-order chi connectivity index (χ1) is 20.9. The lowest BCUT2D eigenvalue weighted by atomic mass is 9.64. The fourth-order valence-electron chi connectivity index (χ4n) is 7.44. The molecule has 4 aliphatic heterocycles. The fraction of sp³-hybridized carbons (Fsp3) is 0.171. The quantitative estimate of drug-likeness (QED) is 0.281. The molecule has 4 heterocycles. The maximum Gasteiger partial charge on any atom is 0.238 e. The predicted octanol–water partition coefficient (Wildman–Crippen LogP) is 6.31. The van der Waals surface area contributed by atoms with Crippen molar-refractivity contribution in [3.8, 4) is 11.5 Å². The molecule has 1 fully saturated rings. The Morgan fingerprint density at radius 3 is 2.51 bits per heavy atom. The van der Waals surface area contributed by atoms with Crippen molar-refractivity contribution >= 4 is 46.0 Å². The molecule has 1 spiro atoms. The number of nitrogens with one attached hydrogen (secondary N) is 1. The van der Waals surface area contributed by atoms with Gasteiger partial charge >= 0.3 is 0 Å². The minimum absolute atomic E-state index is 0.0560. The summed E-state index contributed by atoms with van der Waals surface area (Å²) in [4.78, 5) is 46.4. The van der Waals surface area contributed by atoms with Gasteiger partial charge in [-0.2, -0.15) is 0 Å². The Morgan fingerprint density at radius 2 is 1.65 bits per heavy atom. The van der Waals surface area contributed by atoms with Gasteiger partial charge in [-0.05, 0) is 60.5 Å². The van der Waals surface area contributed by atoms with E-state index >= 15 is 4.79 Å². The van der Waals surface area contributed by atoms with E-state index in [1.54, 1.807) is 42.5 Å². The van der Waals surface area contributed by atoms with Gasteiger partial charge in [0.2, 0.25) is 12.7 Å². The zero-order chi connectivity index (χ0) is 29.5. The SMILES string of the molecule is CC1=C[C@H]2N(c3ccccc31)[C@H](C(=O)c1ccccc1Cl)[C@@H](C(=O)c1ccc3c(c1)OCO3)[C@]21C(=O)Nc2ccccc21. The van der Waals surface area contributed by atoms with E-state index in [1.165, 1.54) is 0 Å². The van der Waals surface area contributed by atoms with Crippen LogP contribution in [0.4, 0.5) is 11.4 Å². The van der Waals surface area contributed by atoms with Gasteiger partial charge in [0.05, 0.1) is 17.0 Å². The summed E-state index contributed by atoms with van der Waals surface area (Å²) >= 11 is 6.62. The van der Waals surface area contributed by atoms with Crippen molar-refractivity contribution in [2.24, 2.45) is 5.92 Å². The molecule has 0 radical (unpaired) electrons. The number of fused-ring (bicyclic) bond motifs is 7. The summed E-state index contributed by atoms with van der Waals surface area (Å²) < 4.78 is 11.1. The Bertz CT molecular complexity index is 1920. The number of hydrogen-bond donors (Lipinski definition) is 1. The van der Waals surface area contributed by atoms with E-state index in [4.69, 9.17) is 21.1 Å². The van der Waals surface area contributed by atoms with Crippen LogP contribution in [0.1, 0.15) is 38.8 Å². The van der Waals surface area contributed by atoms with Crippen LogP contribution in [0.15, 0.2) is 97.1 Å². The number of Topliss-reactive ketones (excluding diaryl/α,β-unsaturated/α-hetero) is 2. The number of para-hydroxylation sites is 2. The summed E-state index contributed by atoms with van der Waals surface area (Å²) in [6.07, 6.45) is 2.03. The number of allylic oxidation sites excluding steroid dienone is 1. The summed E-state index contributed by atoms with van der Waals surface area (Å²) in [6, 6.07) is 25.4. The third-order valence-corrected chi connectivity index (χ3v) is 9.56. The summed E-state index contributed by atoms with van der Waals surface area (Å²) in [5, 5.41) is 3.35.